The third-order valence-corrected chi connectivity index (χ3v) is 7.39. The van der Waals surface area contributed by atoms with Gasteiger partial charge in [-0.3, -0.25) is 14.6 Å². The molecule has 1 saturated carbocycles. The molecule has 3 aromatic rings. The van der Waals surface area contributed by atoms with E-state index in [4.69, 9.17) is 4.99 Å². The third kappa shape index (κ3) is 3.61. The van der Waals surface area contributed by atoms with E-state index in [1.54, 1.807) is 11.3 Å². The highest BCUT2D eigenvalue weighted by atomic mass is 32.1. The number of hydrogen-bond acceptors (Lipinski definition) is 4. The summed E-state index contributed by atoms with van der Waals surface area (Å²) in [7, 11) is 0. The van der Waals surface area contributed by atoms with Gasteiger partial charge in [0.25, 0.3) is 0 Å². The highest BCUT2D eigenvalue weighted by Gasteiger charge is 2.46. The Kier molecular flexibility index (Phi) is 5.51. The van der Waals surface area contributed by atoms with Crippen LogP contribution < -0.4 is 4.90 Å². The van der Waals surface area contributed by atoms with E-state index in [1.165, 1.54) is 5.56 Å². The lowest BCUT2D eigenvalue weighted by Gasteiger charge is -2.38. The molecule has 1 aliphatic carbocycles. The van der Waals surface area contributed by atoms with E-state index in [0.29, 0.717) is 6.42 Å². The number of amides is 1. The van der Waals surface area contributed by atoms with E-state index in [0.717, 1.165) is 28.4 Å². The second kappa shape index (κ2) is 8.47. The lowest BCUT2D eigenvalue weighted by Crippen LogP contribution is -2.46. The molecule has 2 aliphatic rings. The van der Waals surface area contributed by atoms with Crippen LogP contribution in [-0.4, -0.2) is 17.4 Å². The first-order valence-electron chi connectivity index (χ1n) is 11.1. The van der Waals surface area contributed by atoms with Crippen LogP contribution in [0.1, 0.15) is 49.1 Å². The fourth-order valence-corrected chi connectivity index (χ4v) is 5.80. The number of ketones is 1. The highest BCUT2D eigenvalue weighted by molar-refractivity contribution is 7.10. The summed E-state index contributed by atoms with van der Waals surface area (Å²) in [6.07, 6.45) is 1.19. The Labute approximate surface area is 192 Å². The predicted molar refractivity (Wildman–Crippen MR) is 130 cm³/mol. The first kappa shape index (κ1) is 20.8. The van der Waals surface area contributed by atoms with E-state index in [2.05, 4.69) is 12.1 Å². The number of carbonyl (C=O) groups is 2. The lowest BCUT2D eigenvalue weighted by atomic mass is 9.73. The Hall–Kier alpha value is -3.05. The Morgan fingerprint density at radius 3 is 2.47 bits per heavy atom. The molecule has 1 aromatic heterocycles. The van der Waals surface area contributed by atoms with Crippen molar-refractivity contribution >= 4 is 40.1 Å². The topological polar surface area (TPSA) is 49.7 Å². The van der Waals surface area contributed by atoms with Crippen molar-refractivity contribution in [3.05, 3.63) is 82.6 Å². The molecule has 162 valence electrons. The van der Waals surface area contributed by atoms with Crippen molar-refractivity contribution in [1.29, 1.82) is 0 Å². The number of fused-ring (bicyclic) bond motifs is 2. The number of anilines is 1. The van der Waals surface area contributed by atoms with Gasteiger partial charge in [0.05, 0.1) is 23.3 Å². The number of carbonyl (C=O) groups excluding carboxylic acids is 2. The molecule has 1 amide bonds. The van der Waals surface area contributed by atoms with Crippen LogP contribution in [0.15, 0.2) is 77.1 Å². The van der Waals surface area contributed by atoms with Gasteiger partial charge in [-0.15, -0.1) is 11.3 Å². The summed E-state index contributed by atoms with van der Waals surface area (Å²) in [5, 5.41) is 2.01. The fraction of sp³-hybridized carbons (Fsp3) is 0.296. The van der Waals surface area contributed by atoms with Gasteiger partial charge in [-0.2, -0.15) is 0 Å². The Morgan fingerprint density at radius 2 is 1.75 bits per heavy atom. The van der Waals surface area contributed by atoms with Gasteiger partial charge in [-0.1, -0.05) is 62.4 Å². The molecule has 5 rings (SSSR count). The van der Waals surface area contributed by atoms with E-state index in [9.17, 15) is 9.59 Å². The number of thiophene rings is 1. The van der Waals surface area contributed by atoms with Crippen LogP contribution >= 0.6 is 11.3 Å². The van der Waals surface area contributed by atoms with Gasteiger partial charge in [0.15, 0.2) is 0 Å². The molecule has 3 atom stereocenters. The number of para-hydroxylation sites is 2. The first-order chi connectivity index (χ1) is 15.5. The Morgan fingerprint density at radius 1 is 1.00 bits per heavy atom. The zero-order valence-electron chi connectivity index (χ0n) is 18.3. The predicted octanol–water partition coefficient (Wildman–Crippen LogP) is 6.33. The summed E-state index contributed by atoms with van der Waals surface area (Å²) in [5.41, 5.74) is 3.61. The van der Waals surface area contributed by atoms with Crippen LogP contribution in [0.3, 0.4) is 0 Å². The largest absolute Gasteiger partial charge is 0.301 e. The molecule has 0 saturated heterocycles. The SMILES string of the molecule is CC(C)C(=O)N1c2ccccc2N=C2CC(c3ccccc3)CC(=O)C2C1c1cccs1. The first-order valence-corrected chi connectivity index (χ1v) is 12.0. The number of benzene rings is 2. The minimum absolute atomic E-state index is 0.0188. The zero-order chi connectivity index (χ0) is 22.2. The Bertz CT molecular complexity index is 1170. The molecule has 2 heterocycles. The van der Waals surface area contributed by atoms with Crippen molar-refractivity contribution in [1.82, 2.24) is 0 Å². The quantitative estimate of drug-likeness (QED) is 0.476. The van der Waals surface area contributed by atoms with Crippen LogP contribution in [0.25, 0.3) is 0 Å². The average Bonchev–Trinajstić information content (AvgIpc) is 3.28. The van der Waals surface area contributed by atoms with Crippen LogP contribution in [0.5, 0.6) is 0 Å². The molecular weight excluding hydrogens is 416 g/mol. The van der Waals surface area contributed by atoms with Crippen molar-refractivity contribution in [2.75, 3.05) is 4.90 Å². The average molecular weight is 443 g/mol. The minimum Gasteiger partial charge on any atom is -0.301 e. The molecular formula is C27H26N2O2S. The number of Topliss-reactive ketones (excluding diaryl/α,β-unsaturated/α-hetero) is 1. The van der Waals surface area contributed by atoms with Crippen LogP contribution in [0.4, 0.5) is 11.4 Å². The van der Waals surface area contributed by atoms with Crippen LogP contribution in [0, 0.1) is 11.8 Å². The lowest BCUT2D eigenvalue weighted by molar-refractivity contribution is -0.124. The number of aliphatic imine (C=N–C) groups is 1. The molecule has 1 fully saturated rings. The van der Waals surface area contributed by atoms with Crippen molar-refractivity contribution in [3.8, 4) is 0 Å². The van der Waals surface area contributed by atoms with Gasteiger partial charge >= 0.3 is 0 Å². The van der Waals surface area contributed by atoms with Crippen molar-refractivity contribution in [2.45, 2.75) is 38.6 Å². The molecule has 1 aliphatic heterocycles. The standard InChI is InChI=1S/C27H26N2O2S/c1-17(2)27(31)29-22-12-7-6-11-20(22)28-21-15-19(18-9-4-3-5-10-18)16-23(30)25(21)26(29)24-13-8-14-32-24/h3-14,17,19,25-26H,15-16H2,1-2H3. The van der Waals surface area contributed by atoms with Gasteiger partial charge in [-0.05, 0) is 41.5 Å². The summed E-state index contributed by atoms with van der Waals surface area (Å²) in [6.45, 7) is 3.83. The summed E-state index contributed by atoms with van der Waals surface area (Å²) in [4.78, 5) is 35.2. The van der Waals surface area contributed by atoms with Crippen molar-refractivity contribution in [2.24, 2.45) is 16.8 Å². The molecule has 5 heteroatoms. The summed E-state index contributed by atoms with van der Waals surface area (Å²) >= 11 is 1.60. The van der Waals surface area contributed by atoms with Crippen LogP contribution in [-0.2, 0) is 9.59 Å². The molecule has 4 nitrogen and oxygen atoms in total. The highest BCUT2D eigenvalue weighted by Crippen LogP contribution is 2.48. The van der Waals surface area contributed by atoms with Gasteiger partial charge in [-0.25, -0.2) is 0 Å². The maximum absolute atomic E-state index is 13.7. The second-order valence-electron chi connectivity index (χ2n) is 8.87. The Balaban J connectivity index is 1.68. The van der Waals surface area contributed by atoms with Gasteiger partial charge in [0, 0.05) is 22.9 Å². The van der Waals surface area contributed by atoms with Crippen molar-refractivity contribution in [3.63, 3.8) is 0 Å². The normalized spacial score (nSPS) is 22.7. The molecule has 2 aromatic carbocycles. The summed E-state index contributed by atoms with van der Waals surface area (Å²) < 4.78 is 0. The van der Waals surface area contributed by atoms with E-state index in [1.807, 2.05) is 78.7 Å². The molecule has 0 N–H and O–H groups in total. The minimum atomic E-state index is -0.427. The van der Waals surface area contributed by atoms with Crippen LogP contribution in [0.2, 0.25) is 0 Å². The van der Waals surface area contributed by atoms with Gasteiger partial charge in [0.2, 0.25) is 5.91 Å². The van der Waals surface area contributed by atoms with Crippen molar-refractivity contribution < 1.29 is 9.59 Å². The summed E-state index contributed by atoms with van der Waals surface area (Å²) in [6, 6.07) is 21.7. The molecule has 3 unspecified atom stereocenters. The number of nitrogens with zero attached hydrogens (tertiary/aromatic N) is 2. The molecule has 0 bridgehead atoms. The monoisotopic (exact) mass is 442 g/mol. The third-order valence-electron chi connectivity index (χ3n) is 6.45. The maximum Gasteiger partial charge on any atom is 0.230 e. The van der Waals surface area contributed by atoms with E-state index < -0.39 is 5.92 Å². The molecule has 32 heavy (non-hydrogen) atoms. The molecule has 0 spiro atoms. The molecule has 0 radical (unpaired) electrons. The smallest absolute Gasteiger partial charge is 0.230 e. The van der Waals surface area contributed by atoms with Gasteiger partial charge in [0.1, 0.15) is 5.78 Å². The van der Waals surface area contributed by atoms with E-state index in [-0.39, 0.29) is 29.6 Å². The maximum atomic E-state index is 13.7. The van der Waals surface area contributed by atoms with Gasteiger partial charge < -0.3 is 4.90 Å². The number of rotatable bonds is 3. The zero-order valence-corrected chi connectivity index (χ0v) is 19.1. The fourth-order valence-electron chi connectivity index (χ4n) is 4.94. The van der Waals surface area contributed by atoms with E-state index >= 15 is 0 Å². The number of hydrogen-bond donors (Lipinski definition) is 0. The summed E-state index contributed by atoms with van der Waals surface area (Å²) in [5.74, 6) is -0.323. The second-order valence-corrected chi connectivity index (χ2v) is 9.85.